The van der Waals surface area contributed by atoms with Gasteiger partial charge in [0.25, 0.3) is 0 Å². The van der Waals surface area contributed by atoms with Crippen molar-refractivity contribution in [2.45, 2.75) is 12.1 Å². The fraction of sp³-hybridized carbons (Fsp3) is 0.0833. The molecular formula is C24H16Cl3N3OS. The Morgan fingerprint density at radius 3 is 2.41 bits per heavy atom. The van der Waals surface area contributed by atoms with Crippen molar-refractivity contribution >= 4 is 57.8 Å². The number of hydrogen-bond donors (Lipinski definition) is 1. The van der Waals surface area contributed by atoms with E-state index in [1.54, 1.807) is 18.3 Å². The molecule has 4 nitrogen and oxygen atoms in total. The predicted octanol–water partition coefficient (Wildman–Crippen LogP) is 7.48. The second kappa shape index (κ2) is 8.75. The van der Waals surface area contributed by atoms with E-state index in [2.05, 4.69) is 10.3 Å². The van der Waals surface area contributed by atoms with E-state index < -0.39 is 0 Å². The van der Waals surface area contributed by atoms with Gasteiger partial charge in [0, 0.05) is 27.5 Å². The molecule has 8 heteroatoms. The molecule has 1 fully saturated rings. The van der Waals surface area contributed by atoms with E-state index in [-0.39, 0.29) is 12.1 Å². The van der Waals surface area contributed by atoms with Gasteiger partial charge in [0.2, 0.25) is 0 Å². The molecule has 1 aliphatic rings. The maximum atomic E-state index is 6.41. The highest BCUT2D eigenvalue weighted by Crippen LogP contribution is 2.43. The van der Waals surface area contributed by atoms with E-state index in [1.807, 2.05) is 65.6 Å². The first kappa shape index (κ1) is 21.3. The Kier molecular flexibility index (Phi) is 5.82. The zero-order valence-electron chi connectivity index (χ0n) is 16.5. The standard InChI is InChI=1S/C24H16Cl3N3OS/c25-14-4-7-16(8-5-14)30-23(22(29-24(30)32)19-3-1-2-12-28-19)21-11-10-20(31-21)17-9-6-15(26)13-18(17)27/h1-13,22-23H,(H,29,32)/t22-,23-/m1/s1. The highest BCUT2D eigenvalue weighted by atomic mass is 35.5. The van der Waals surface area contributed by atoms with Crippen LogP contribution in [0.4, 0.5) is 5.69 Å². The second-order valence-corrected chi connectivity index (χ2v) is 8.97. The van der Waals surface area contributed by atoms with Crippen LogP contribution in [0.2, 0.25) is 15.1 Å². The number of rotatable bonds is 4. The van der Waals surface area contributed by atoms with Crippen LogP contribution in [0.3, 0.4) is 0 Å². The molecule has 0 spiro atoms. The van der Waals surface area contributed by atoms with E-state index in [0.717, 1.165) is 22.7 Å². The van der Waals surface area contributed by atoms with Gasteiger partial charge in [-0.1, -0.05) is 40.9 Å². The summed E-state index contributed by atoms with van der Waals surface area (Å²) < 4.78 is 6.33. The van der Waals surface area contributed by atoms with Crippen LogP contribution in [0.5, 0.6) is 0 Å². The third kappa shape index (κ3) is 3.97. The smallest absolute Gasteiger partial charge is 0.174 e. The molecule has 4 aromatic rings. The molecule has 2 atom stereocenters. The first-order valence-electron chi connectivity index (χ1n) is 9.82. The van der Waals surface area contributed by atoms with Gasteiger partial charge in [0.15, 0.2) is 5.11 Å². The predicted molar refractivity (Wildman–Crippen MR) is 134 cm³/mol. The summed E-state index contributed by atoms with van der Waals surface area (Å²) in [5, 5.41) is 5.73. The van der Waals surface area contributed by atoms with Crippen molar-refractivity contribution in [2.75, 3.05) is 4.90 Å². The van der Waals surface area contributed by atoms with Gasteiger partial charge in [-0.3, -0.25) is 4.98 Å². The molecule has 0 bridgehead atoms. The Balaban J connectivity index is 1.60. The summed E-state index contributed by atoms with van der Waals surface area (Å²) in [6, 6.07) is 22.1. The van der Waals surface area contributed by atoms with E-state index in [0.29, 0.717) is 25.9 Å². The molecule has 1 saturated heterocycles. The van der Waals surface area contributed by atoms with Crippen molar-refractivity contribution in [3.05, 3.63) is 106 Å². The van der Waals surface area contributed by atoms with Gasteiger partial charge in [-0.2, -0.15) is 0 Å². The molecule has 1 aliphatic heterocycles. The summed E-state index contributed by atoms with van der Waals surface area (Å²) in [6.07, 6.45) is 1.77. The normalized spacial score (nSPS) is 18.1. The van der Waals surface area contributed by atoms with Gasteiger partial charge < -0.3 is 14.6 Å². The zero-order valence-corrected chi connectivity index (χ0v) is 19.6. The molecule has 3 heterocycles. The van der Waals surface area contributed by atoms with E-state index >= 15 is 0 Å². The van der Waals surface area contributed by atoms with Crippen LogP contribution >= 0.6 is 47.0 Å². The fourth-order valence-electron chi connectivity index (χ4n) is 3.87. The quantitative estimate of drug-likeness (QED) is 0.294. The van der Waals surface area contributed by atoms with Gasteiger partial charge in [-0.15, -0.1) is 0 Å². The van der Waals surface area contributed by atoms with Gasteiger partial charge in [0.05, 0.1) is 16.8 Å². The van der Waals surface area contributed by atoms with Gasteiger partial charge in [0.1, 0.15) is 17.6 Å². The van der Waals surface area contributed by atoms with Crippen molar-refractivity contribution < 1.29 is 4.42 Å². The number of anilines is 1. The zero-order chi connectivity index (χ0) is 22.2. The highest BCUT2D eigenvalue weighted by Gasteiger charge is 2.42. The molecule has 0 unspecified atom stereocenters. The SMILES string of the molecule is S=C1N[C@H](c2ccccn2)[C@@H](c2ccc(-c3ccc(Cl)cc3Cl)o2)N1c1ccc(Cl)cc1. The average Bonchev–Trinajstić information content (AvgIpc) is 3.39. The Hall–Kier alpha value is -2.57. The maximum absolute atomic E-state index is 6.41. The lowest BCUT2D eigenvalue weighted by molar-refractivity contribution is 0.439. The van der Waals surface area contributed by atoms with Crippen LogP contribution < -0.4 is 10.2 Å². The Bertz CT molecular complexity index is 1280. The molecular weight excluding hydrogens is 485 g/mol. The lowest BCUT2D eigenvalue weighted by Gasteiger charge is -2.26. The third-order valence-corrected chi connectivity index (χ3v) is 6.43. The number of furan rings is 1. The van der Waals surface area contributed by atoms with E-state index in [4.69, 9.17) is 51.4 Å². The monoisotopic (exact) mass is 499 g/mol. The first-order chi connectivity index (χ1) is 15.5. The Morgan fingerprint density at radius 1 is 0.906 bits per heavy atom. The molecule has 0 radical (unpaired) electrons. The molecule has 2 aromatic heterocycles. The third-order valence-electron chi connectivity index (χ3n) is 5.32. The van der Waals surface area contributed by atoms with Gasteiger partial charge >= 0.3 is 0 Å². The fourth-order valence-corrected chi connectivity index (χ4v) is 4.84. The summed E-state index contributed by atoms with van der Waals surface area (Å²) >= 11 is 24.3. The molecule has 32 heavy (non-hydrogen) atoms. The number of nitrogens with one attached hydrogen (secondary N) is 1. The second-order valence-electron chi connectivity index (χ2n) is 7.30. The van der Waals surface area contributed by atoms with Gasteiger partial charge in [-0.05, 0) is 78.9 Å². The molecule has 160 valence electrons. The van der Waals surface area contributed by atoms with Crippen LogP contribution in [-0.4, -0.2) is 10.1 Å². The van der Waals surface area contributed by atoms with Gasteiger partial charge in [-0.25, -0.2) is 0 Å². The summed E-state index contributed by atoms with van der Waals surface area (Å²) in [5.74, 6) is 1.37. The number of pyridine rings is 1. The van der Waals surface area contributed by atoms with Crippen molar-refractivity contribution in [3.8, 4) is 11.3 Å². The van der Waals surface area contributed by atoms with Crippen molar-refractivity contribution in [2.24, 2.45) is 0 Å². The van der Waals surface area contributed by atoms with Crippen LogP contribution in [0, 0.1) is 0 Å². The summed E-state index contributed by atoms with van der Waals surface area (Å²) in [6.45, 7) is 0. The van der Waals surface area contributed by atoms with Crippen LogP contribution in [0.1, 0.15) is 23.5 Å². The van der Waals surface area contributed by atoms with Crippen molar-refractivity contribution in [1.29, 1.82) is 0 Å². The number of hydrogen-bond acceptors (Lipinski definition) is 3. The lowest BCUT2D eigenvalue weighted by atomic mass is 10.0. The maximum Gasteiger partial charge on any atom is 0.174 e. The number of nitrogens with zero attached hydrogens (tertiary/aromatic N) is 2. The minimum Gasteiger partial charge on any atom is -0.459 e. The molecule has 1 N–H and O–H groups in total. The molecule has 0 saturated carbocycles. The topological polar surface area (TPSA) is 41.3 Å². The molecule has 2 aromatic carbocycles. The summed E-state index contributed by atoms with van der Waals surface area (Å²) in [7, 11) is 0. The number of halogens is 3. The van der Waals surface area contributed by atoms with Crippen LogP contribution in [0.25, 0.3) is 11.3 Å². The Morgan fingerprint density at radius 2 is 1.69 bits per heavy atom. The first-order valence-corrected chi connectivity index (χ1v) is 11.4. The van der Waals surface area contributed by atoms with Crippen molar-refractivity contribution in [3.63, 3.8) is 0 Å². The lowest BCUT2D eigenvalue weighted by Crippen LogP contribution is -2.29. The number of aromatic nitrogens is 1. The van der Waals surface area contributed by atoms with Crippen LogP contribution in [0.15, 0.2) is 83.4 Å². The molecule has 0 aliphatic carbocycles. The Labute approximate surface area is 205 Å². The minimum absolute atomic E-state index is 0.209. The van der Waals surface area contributed by atoms with E-state index in [9.17, 15) is 0 Å². The van der Waals surface area contributed by atoms with Crippen LogP contribution in [-0.2, 0) is 0 Å². The molecule has 5 rings (SSSR count). The van der Waals surface area contributed by atoms with E-state index in [1.165, 1.54) is 0 Å². The largest absolute Gasteiger partial charge is 0.459 e. The number of benzene rings is 2. The minimum atomic E-state index is -0.265. The van der Waals surface area contributed by atoms with Crippen molar-refractivity contribution in [1.82, 2.24) is 10.3 Å². The average molecular weight is 501 g/mol. The number of thiocarbonyl (C=S) groups is 1. The summed E-state index contributed by atoms with van der Waals surface area (Å²) in [5.41, 5.74) is 2.53. The summed E-state index contributed by atoms with van der Waals surface area (Å²) in [4.78, 5) is 6.58. The molecule has 0 amide bonds. The highest BCUT2D eigenvalue weighted by molar-refractivity contribution is 7.80.